The Labute approximate surface area is 133 Å². The Morgan fingerprint density at radius 2 is 2.09 bits per heavy atom. The number of amides is 1. The number of nitro benzene ring substituents is 1. The first-order valence-corrected chi connectivity index (χ1v) is 7.24. The molecule has 0 aliphatic carbocycles. The number of carbonyl (C=O) groups excluding carboxylic acids is 1. The van der Waals surface area contributed by atoms with E-state index in [4.69, 9.17) is 0 Å². The van der Waals surface area contributed by atoms with Crippen molar-refractivity contribution >= 4 is 23.0 Å². The average molecular weight is 315 g/mol. The summed E-state index contributed by atoms with van der Waals surface area (Å²) in [5.41, 5.74) is 2.50. The predicted octanol–water partition coefficient (Wildman–Crippen LogP) is 1.49. The molecule has 3 rings (SSSR count). The number of nitrogens with zero attached hydrogens (tertiary/aromatic N) is 5. The van der Waals surface area contributed by atoms with Gasteiger partial charge in [-0.25, -0.2) is 0 Å². The van der Waals surface area contributed by atoms with Crippen molar-refractivity contribution in [2.45, 2.75) is 6.92 Å². The van der Waals surface area contributed by atoms with Gasteiger partial charge in [-0.15, -0.1) is 0 Å². The maximum absolute atomic E-state index is 12.4. The van der Waals surface area contributed by atoms with Gasteiger partial charge in [0.1, 0.15) is 0 Å². The number of carbonyl (C=O) groups is 1. The average Bonchev–Trinajstić information content (AvgIpc) is 2.93. The van der Waals surface area contributed by atoms with Crippen molar-refractivity contribution in [2.75, 3.05) is 29.4 Å². The van der Waals surface area contributed by atoms with Crippen LogP contribution in [-0.4, -0.2) is 40.2 Å². The minimum atomic E-state index is -0.414. The van der Waals surface area contributed by atoms with E-state index in [1.165, 1.54) is 12.1 Å². The molecule has 8 nitrogen and oxygen atoms in total. The highest BCUT2D eigenvalue weighted by atomic mass is 16.6. The van der Waals surface area contributed by atoms with Crippen LogP contribution in [0, 0.1) is 17.0 Å². The third-order valence-corrected chi connectivity index (χ3v) is 3.96. The molecule has 1 aromatic heterocycles. The fraction of sp³-hybridized carbons (Fsp3) is 0.333. The molecule has 0 spiro atoms. The Balaban J connectivity index is 1.77. The number of aryl methyl sites for hydroxylation is 2. The molecule has 8 heteroatoms. The maximum atomic E-state index is 12.4. The van der Waals surface area contributed by atoms with Crippen molar-refractivity contribution in [1.82, 2.24) is 9.78 Å². The standard InChI is InChI=1S/C15H17N5O3/c1-11-7-12(20(22)23)3-4-14(11)18-5-6-19(15(21)10-18)13-8-16-17(2)9-13/h3-4,7-9H,5-6,10H2,1-2H3. The molecule has 0 radical (unpaired) electrons. The highest BCUT2D eigenvalue weighted by Gasteiger charge is 2.27. The van der Waals surface area contributed by atoms with Crippen LogP contribution in [0.1, 0.15) is 5.56 Å². The number of rotatable bonds is 3. The molecule has 1 aliphatic heterocycles. The lowest BCUT2D eigenvalue weighted by Gasteiger charge is -2.35. The van der Waals surface area contributed by atoms with Gasteiger partial charge < -0.3 is 9.80 Å². The monoisotopic (exact) mass is 315 g/mol. The van der Waals surface area contributed by atoms with Crippen LogP contribution in [0.4, 0.5) is 17.1 Å². The Bertz CT molecular complexity index is 770. The van der Waals surface area contributed by atoms with E-state index in [-0.39, 0.29) is 18.1 Å². The summed E-state index contributed by atoms with van der Waals surface area (Å²) in [6.45, 7) is 3.29. The van der Waals surface area contributed by atoms with Crippen LogP contribution in [0.2, 0.25) is 0 Å². The van der Waals surface area contributed by atoms with Crippen molar-refractivity contribution in [2.24, 2.45) is 7.05 Å². The minimum Gasteiger partial charge on any atom is -0.360 e. The molecule has 0 unspecified atom stereocenters. The maximum Gasteiger partial charge on any atom is 0.269 e. The van der Waals surface area contributed by atoms with Gasteiger partial charge in [0.15, 0.2) is 0 Å². The highest BCUT2D eigenvalue weighted by molar-refractivity contribution is 5.97. The lowest BCUT2D eigenvalue weighted by Crippen LogP contribution is -2.50. The van der Waals surface area contributed by atoms with E-state index in [1.54, 1.807) is 21.8 Å². The summed E-state index contributed by atoms with van der Waals surface area (Å²) in [7, 11) is 1.81. The van der Waals surface area contributed by atoms with Crippen LogP contribution in [-0.2, 0) is 11.8 Å². The predicted molar refractivity (Wildman–Crippen MR) is 85.6 cm³/mol. The Hall–Kier alpha value is -2.90. The van der Waals surface area contributed by atoms with E-state index in [0.29, 0.717) is 13.1 Å². The van der Waals surface area contributed by atoms with Gasteiger partial charge >= 0.3 is 0 Å². The third kappa shape index (κ3) is 2.87. The Kier molecular flexibility index (Phi) is 3.73. The van der Waals surface area contributed by atoms with Crippen LogP contribution in [0.5, 0.6) is 0 Å². The molecule has 1 amide bonds. The molecule has 1 aromatic carbocycles. The number of aromatic nitrogens is 2. The van der Waals surface area contributed by atoms with Gasteiger partial charge in [-0.1, -0.05) is 0 Å². The summed E-state index contributed by atoms with van der Waals surface area (Å²) in [6.07, 6.45) is 3.48. The first-order valence-electron chi connectivity index (χ1n) is 7.24. The van der Waals surface area contributed by atoms with Crippen molar-refractivity contribution in [1.29, 1.82) is 0 Å². The van der Waals surface area contributed by atoms with E-state index in [2.05, 4.69) is 5.10 Å². The molecular weight excluding hydrogens is 298 g/mol. The Morgan fingerprint density at radius 1 is 1.30 bits per heavy atom. The van der Waals surface area contributed by atoms with Gasteiger partial charge in [-0.2, -0.15) is 5.10 Å². The summed E-state index contributed by atoms with van der Waals surface area (Å²) in [4.78, 5) is 26.5. The van der Waals surface area contributed by atoms with Crippen LogP contribution >= 0.6 is 0 Å². The largest absolute Gasteiger partial charge is 0.360 e. The lowest BCUT2D eigenvalue weighted by molar-refractivity contribution is -0.384. The fourth-order valence-electron chi connectivity index (χ4n) is 2.81. The first-order chi connectivity index (χ1) is 11.0. The normalized spacial score (nSPS) is 15.1. The van der Waals surface area contributed by atoms with Crippen LogP contribution in [0.3, 0.4) is 0 Å². The number of piperazine rings is 1. The number of non-ortho nitro benzene ring substituents is 1. The molecular formula is C15H17N5O3. The molecule has 1 aliphatic rings. The van der Waals surface area contributed by atoms with E-state index >= 15 is 0 Å². The van der Waals surface area contributed by atoms with Gasteiger partial charge in [-0.3, -0.25) is 19.6 Å². The summed E-state index contributed by atoms with van der Waals surface area (Å²) in [5.74, 6) is -0.0120. The van der Waals surface area contributed by atoms with Crippen LogP contribution in [0.15, 0.2) is 30.6 Å². The quantitative estimate of drug-likeness (QED) is 0.633. The SMILES string of the molecule is Cc1cc([N+](=O)[O-])ccc1N1CCN(c2cnn(C)c2)C(=O)C1. The van der Waals surface area contributed by atoms with E-state index in [9.17, 15) is 14.9 Å². The van der Waals surface area contributed by atoms with Gasteiger partial charge in [0.05, 0.1) is 23.4 Å². The number of anilines is 2. The molecule has 0 bridgehead atoms. The number of benzene rings is 1. The van der Waals surface area contributed by atoms with Gasteiger partial charge in [0.2, 0.25) is 5.91 Å². The minimum absolute atomic E-state index is 0.0120. The second-order valence-corrected chi connectivity index (χ2v) is 5.57. The van der Waals surface area contributed by atoms with Crippen LogP contribution in [0.25, 0.3) is 0 Å². The second kappa shape index (κ2) is 5.71. The summed E-state index contributed by atoms with van der Waals surface area (Å²) in [6, 6.07) is 4.72. The number of hydrogen-bond donors (Lipinski definition) is 0. The molecule has 0 atom stereocenters. The summed E-state index contributed by atoms with van der Waals surface area (Å²) < 4.78 is 1.66. The molecule has 2 aromatic rings. The molecule has 1 fully saturated rings. The van der Waals surface area contributed by atoms with E-state index in [1.807, 2.05) is 25.1 Å². The zero-order valence-electron chi connectivity index (χ0n) is 13.0. The second-order valence-electron chi connectivity index (χ2n) is 5.57. The summed E-state index contributed by atoms with van der Waals surface area (Å²) in [5, 5.41) is 14.9. The van der Waals surface area contributed by atoms with Gasteiger partial charge in [-0.05, 0) is 18.6 Å². The zero-order valence-corrected chi connectivity index (χ0v) is 13.0. The summed E-state index contributed by atoms with van der Waals surface area (Å²) >= 11 is 0. The van der Waals surface area contributed by atoms with Gasteiger partial charge in [0.25, 0.3) is 5.69 Å². The topological polar surface area (TPSA) is 84.5 Å². The number of nitro groups is 1. The zero-order chi connectivity index (χ0) is 16.6. The highest BCUT2D eigenvalue weighted by Crippen LogP contribution is 2.27. The van der Waals surface area contributed by atoms with Crippen molar-refractivity contribution < 1.29 is 9.72 Å². The number of hydrogen-bond acceptors (Lipinski definition) is 5. The molecule has 120 valence electrons. The molecule has 2 heterocycles. The molecule has 23 heavy (non-hydrogen) atoms. The third-order valence-electron chi connectivity index (χ3n) is 3.96. The van der Waals surface area contributed by atoms with E-state index in [0.717, 1.165) is 16.9 Å². The molecule has 0 saturated carbocycles. The van der Waals surface area contributed by atoms with Gasteiger partial charge in [0, 0.05) is 44.2 Å². The van der Waals surface area contributed by atoms with E-state index < -0.39 is 4.92 Å². The van der Waals surface area contributed by atoms with Crippen molar-refractivity contribution in [3.63, 3.8) is 0 Å². The lowest BCUT2D eigenvalue weighted by atomic mass is 10.1. The molecule has 0 N–H and O–H groups in total. The van der Waals surface area contributed by atoms with Crippen LogP contribution < -0.4 is 9.80 Å². The van der Waals surface area contributed by atoms with Crippen molar-refractivity contribution in [3.05, 3.63) is 46.3 Å². The Morgan fingerprint density at radius 3 is 2.65 bits per heavy atom. The first kappa shape index (κ1) is 15.0. The smallest absolute Gasteiger partial charge is 0.269 e. The fourth-order valence-corrected chi connectivity index (χ4v) is 2.81. The van der Waals surface area contributed by atoms with Crippen molar-refractivity contribution in [3.8, 4) is 0 Å². The molecule has 1 saturated heterocycles.